The lowest BCUT2D eigenvalue weighted by molar-refractivity contribution is 0.0743. The van der Waals surface area contributed by atoms with Crippen molar-refractivity contribution in [2.45, 2.75) is 32.9 Å². The number of aromatic nitrogens is 3. The molecule has 0 atom stereocenters. The highest BCUT2D eigenvalue weighted by Gasteiger charge is 2.26. The van der Waals surface area contributed by atoms with E-state index in [2.05, 4.69) is 15.4 Å². The summed E-state index contributed by atoms with van der Waals surface area (Å²) in [5.74, 6) is -0.942. The van der Waals surface area contributed by atoms with Crippen molar-refractivity contribution in [3.05, 3.63) is 77.1 Å². The van der Waals surface area contributed by atoms with Crippen molar-refractivity contribution in [1.82, 2.24) is 19.7 Å². The Morgan fingerprint density at radius 3 is 2.77 bits per heavy atom. The van der Waals surface area contributed by atoms with E-state index in [-0.39, 0.29) is 18.4 Å². The Labute approximate surface area is 173 Å². The molecule has 8 heteroatoms. The van der Waals surface area contributed by atoms with Crippen LogP contribution in [-0.4, -0.2) is 38.0 Å². The normalized spacial score (nSPS) is 13.5. The molecule has 3 aromatic rings. The summed E-state index contributed by atoms with van der Waals surface area (Å²) in [4.78, 5) is 31.8. The van der Waals surface area contributed by atoms with E-state index in [0.29, 0.717) is 35.6 Å². The van der Waals surface area contributed by atoms with Crippen LogP contribution < -0.4 is 5.32 Å². The molecule has 0 saturated carbocycles. The fraction of sp³-hybridized carbons (Fsp3) is 0.273. The van der Waals surface area contributed by atoms with Crippen LogP contribution >= 0.6 is 0 Å². The maximum Gasteiger partial charge on any atom is 0.259 e. The maximum absolute atomic E-state index is 13.4. The Morgan fingerprint density at radius 1 is 1.17 bits per heavy atom. The molecular weight excluding hydrogens is 385 g/mol. The summed E-state index contributed by atoms with van der Waals surface area (Å²) >= 11 is 0. The summed E-state index contributed by atoms with van der Waals surface area (Å²) in [5.41, 5.74) is 2.85. The smallest absolute Gasteiger partial charge is 0.259 e. The van der Waals surface area contributed by atoms with Gasteiger partial charge in [0.05, 0.1) is 29.6 Å². The van der Waals surface area contributed by atoms with Crippen molar-refractivity contribution < 1.29 is 14.0 Å². The molecule has 0 radical (unpaired) electrons. The second-order valence-electron chi connectivity index (χ2n) is 7.16. The largest absolute Gasteiger partial charge is 0.333 e. The van der Waals surface area contributed by atoms with Crippen molar-refractivity contribution in [1.29, 1.82) is 0 Å². The fourth-order valence-electron chi connectivity index (χ4n) is 3.51. The predicted octanol–water partition coefficient (Wildman–Crippen LogP) is 3.28. The minimum absolute atomic E-state index is 0.128. The number of hydrogen-bond donors (Lipinski definition) is 1. The topological polar surface area (TPSA) is 80.1 Å². The van der Waals surface area contributed by atoms with Crippen molar-refractivity contribution >= 4 is 17.5 Å². The molecule has 0 aliphatic carbocycles. The van der Waals surface area contributed by atoms with Crippen LogP contribution in [0.3, 0.4) is 0 Å². The highest BCUT2D eigenvalue weighted by atomic mass is 19.1. The summed E-state index contributed by atoms with van der Waals surface area (Å²) in [6.45, 7) is 3.44. The van der Waals surface area contributed by atoms with Gasteiger partial charge in [-0.2, -0.15) is 5.10 Å². The van der Waals surface area contributed by atoms with Gasteiger partial charge in [-0.25, -0.2) is 4.39 Å². The number of nitrogens with zero attached hydrogens (tertiary/aromatic N) is 4. The SMILES string of the molecule is CCc1ccc(C(=O)N2CCCn3ncc(C(=O)Nc4cccc(F)c4)c3C2)cn1. The molecule has 30 heavy (non-hydrogen) atoms. The maximum atomic E-state index is 13.4. The number of anilines is 1. The van der Waals surface area contributed by atoms with Crippen LogP contribution in [0.1, 0.15) is 45.4 Å². The molecule has 154 valence electrons. The summed E-state index contributed by atoms with van der Waals surface area (Å²) < 4.78 is 15.2. The van der Waals surface area contributed by atoms with Gasteiger partial charge in [-0.1, -0.05) is 13.0 Å². The van der Waals surface area contributed by atoms with Gasteiger partial charge in [0.15, 0.2) is 0 Å². The summed E-state index contributed by atoms with van der Waals surface area (Å²) in [6.07, 6.45) is 4.63. The van der Waals surface area contributed by atoms with Gasteiger partial charge in [0.2, 0.25) is 0 Å². The number of nitrogens with one attached hydrogen (secondary N) is 1. The third kappa shape index (κ3) is 4.07. The number of carbonyl (C=O) groups excluding carboxylic acids is 2. The van der Waals surface area contributed by atoms with E-state index in [1.165, 1.54) is 24.4 Å². The zero-order valence-electron chi connectivity index (χ0n) is 16.6. The first-order valence-electron chi connectivity index (χ1n) is 9.91. The number of halogens is 1. The monoisotopic (exact) mass is 407 g/mol. The molecule has 1 aliphatic rings. The first-order valence-corrected chi connectivity index (χ1v) is 9.91. The molecule has 4 rings (SSSR count). The highest BCUT2D eigenvalue weighted by molar-refractivity contribution is 6.05. The minimum Gasteiger partial charge on any atom is -0.333 e. The van der Waals surface area contributed by atoms with Gasteiger partial charge in [-0.15, -0.1) is 0 Å². The molecular formula is C22H22FN5O2. The molecule has 1 N–H and O–H groups in total. The summed E-state index contributed by atoms with van der Waals surface area (Å²) in [5, 5.41) is 7.02. The average molecular weight is 407 g/mol. The average Bonchev–Trinajstić information content (AvgIpc) is 3.03. The standard InChI is InChI=1S/C22H22FN5O2/c1-2-17-8-7-15(12-24-17)22(30)27-9-4-10-28-20(14-27)19(13-25-28)21(29)26-18-6-3-5-16(23)11-18/h3,5-8,11-13H,2,4,9-10,14H2,1H3,(H,26,29). The lowest BCUT2D eigenvalue weighted by atomic mass is 10.1. The third-order valence-corrected chi connectivity index (χ3v) is 5.14. The summed E-state index contributed by atoms with van der Waals surface area (Å²) in [7, 11) is 0. The van der Waals surface area contributed by atoms with Gasteiger partial charge in [0.1, 0.15) is 5.82 Å². The molecule has 0 spiro atoms. The van der Waals surface area contributed by atoms with Crippen LogP contribution in [-0.2, 0) is 19.5 Å². The van der Waals surface area contributed by atoms with Gasteiger partial charge in [-0.05, 0) is 43.2 Å². The number of aryl methyl sites for hydroxylation is 2. The molecule has 1 aromatic carbocycles. The lowest BCUT2D eigenvalue weighted by Crippen LogP contribution is -2.31. The Bertz CT molecular complexity index is 1080. The van der Waals surface area contributed by atoms with Crippen molar-refractivity contribution in [3.8, 4) is 0 Å². The van der Waals surface area contributed by atoms with Crippen LogP contribution in [0.25, 0.3) is 0 Å². The van der Waals surface area contributed by atoms with E-state index < -0.39 is 5.82 Å². The van der Waals surface area contributed by atoms with Crippen molar-refractivity contribution in [2.24, 2.45) is 0 Å². The number of fused-ring (bicyclic) bond motifs is 1. The lowest BCUT2D eigenvalue weighted by Gasteiger charge is -2.20. The number of benzene rings is 1. The van der Waals surface area contributed by atoms with Gasteiger partial charge < -0.3 is 10.2 Å². The van der Waals surface area contributed by atoms with Crippen molar-refractivity contribution in [3.63, 3.8) is 0 Å². The number of rotatable bonds is 4. The number of carbonyl (C=O) groups is 2. The van der Waals surface area contributed by atoms with E-state index in [4.69, 9.17) is 0 Å². The summed E-state index contributed by atoms with van der Waals surface area (Å²) in [6, 6.07) is 9.35. The molecule has 0 bridgehead atoms. The van der Waals surface area contributed by atoms with Gasteiger partial charge in [0, 0.05) is 30.7 Å². The number of hydrogen-bond acceptors (Lipinski definition) is 4. The second kappa shape index (κ2) is 8.44. The zero-order valence-corrected chi connectivity index (χ0v) is 16.6. The molecule has 1 aliphatic heterocycles. The second-order valence-corrected chi connectivity index (χ2v) is 7.16. The van der Waals surface area contributed by atoms with Crippen LogP contribution in [0.2, 0.25) is 0 Å². The predicted molar refractivity (Wildman–Crippen MR) is 110 cm³/mol. The van der Waals surface area contributed by atoms with E-state index >= 15 is 0 Å². The van der Waals surface area contributed by atoms with E-state index in [9.17, 15) is 14.0 Å². The first-order chi connectivity index (χ1) is 14.5. The number of amides is 2. The van der Waals surface area contributed by atoms with Crippen molar-refractivity contribution in [2.75, 3.05) is 11.9 Å². The van der Waals surface area contributed by atoms with E-state index in [1.54, 1.807) is 27.9 Å². The van der Waals surface area contributed by atoms with Crippen LogP contribution in [0.4, 0.5) is 10.1 Å². The molecule has 0 fully saturated rings. The third-order valence-electron chi connectivity index (χ3n) is 5.14. The first kappa shape index (κ1) is 19.8. The van der Waals surface area contributed by atoms with E-state index in [1.807, 2.05) is 13.0 Å². The highest BCUT2D eigenvalue weighted by Crippen LogP contribution is 2.20. The van der Waals surface area contributed by atoms with Gasteiger partial charge in [0.25, 0.3) is 11.8 Å². The Hall–Kier alpha value is -3.55. The Kier molecular flexibility index (Phi) is 5.56. The van der Waals surface area contributed by atoms with Crippen LogP contribution in [0.15, 0.2) is 48.8 Å². The van der Waals surface area contributed by atoms with Crippen LogP contribution in [0.5, 0.6) is 0 Å². The van der Waals surface area contributed by atoms with Gasteiger partial charge in [-0.3, -0.25) is 19.3 Å². The number of pyridine rings is 1. The van der Waals surface area contributed by atoms with Gasteiger partial charge >= 0.3 is 0 Å². The Balaban J connectivity index is 1.55. The Morgan fingerprint density at radius 2 is 2.03 bits per heavy atom. The zero-order chi connectivity index (χ0) is 21.1. The fourth-order valence-corrected chi connectivity index (χ4v) is 3.51. The quantitative estimate of drug-likeness (QED) is 0.720. The molecule has 2 amide bonds. The minimum atomic E-state index is -0.430. The molecule has 0 saturated heterocycles. The van der Waals surface area contributed by atoms with E-state index in [0.717, 1.165) is 18.5 Å². The molecule has 0 unspecified atom stereocenters. The molecule has 3 heterocycles. The van der Waals surface area contributed by atoms with Crippen LogP contribution in [0, 0.1) is 5.82 Å². The molecule has 2 aromatic heterocycles. The molecule has 7 nitrogen and oxygen atoms in total.